The van der Waals surface area contributed by atoms with Crippen LogP contribution in [0.4, 0.5) is 0 Å². The highest BCUT2D eigenvalue weighted by Gasteiger charge is 2.21. The van der Waals surface area contributed by atoms with Gasteiger partial charge < -0.3 is 9.25 Å². The van der Waals surface area contributed by atoms with E-state index < -0.39 is 5.97 Å². The Balaban J connectivity index is 2.35. The van der Waals surface area contributed by atoms with Crippen molar-refractivity contribution >= 4 is 17.8 Å². The minimum Gasteiger partial charge on any atom is -0.465 e. The lowest BCUT2D eigenvalue weighted by Crippen LogP contribution is -2.01. The summed E-state index contributed by atoms with van der Waals surface area (Å²) >= 11 is 0. The molecule has 2 heterocycles. The van der Waals surface area contributed by atoms with Crippen LogP contribution >= 0.6 is 0 Å². The van der Waals surface area contributed by atoms with Crippen LogP contribution in [0.1, 0.15) is 12.7 Å². The second-order valence-electron chi connectivity index (χ2n) is 2.63. The average molecular weight is 177 g/mol. The summed E-state index contributed by atoms with van der Waals surface area (Å²) in [6.07, 6.45) is 3.15. The van der Waals surface area contributed by atoms with Crippen molar-refractivity contribution in [2.45, 2.75) is 6.92 Å². The van der Waals surface area contributed by atoms with E-state index in [0.29, 0.717) is 17.0 Å². The van der Waals surface area contributed by atoms with E-state index in [0.717, 1.165) is 0 Å². The summed E-state index contributed by atoms with van der Waals surface area (Å²) < 4.78 is 5.05. The van der Waals surface area contributed by atoms with Crippen LogP contribution < -0.4 is 0 Å². The van der Waals surface area contributed by atoms with Crippen molar-refractivity contribution in [3.8, 4) is 0 Å². The maximum Gasteiger partial charge on any atom is 0.367 e. The van der Waals surface area contributed by atoms with Gasteiger partial charge in [-0.15, -0.1) is 0 Å². The predicted molar refractivity (Wildman–Crippen MR) is 45.9 cm³/mol. The molecule has 1 aliphatic heterocycles. The lowest BCUT2D eigenvalue weighted by molar-refractivity contribution is -0.136. The molecule has 1 aliphatic rings. The van der Waals surface area contributed by atoms with Gasteiger partial charge in [-0.1, -0.05) is 5.16 Å². The van der Waals surface area contributed by atoms with Crippen LogP contribution in [0.15, 0.2) is 33.5 Å². The largest absolute Gasteiger partial charge is 0.465 e. The molecule has 0 N–H and O–H groups in total. The number of oxime groups is 1. The van der Waals surface area contributed by atoms with Crippen LogP contribution in [0, 0.1) is 0 Å². The average Bonchev–Trinajstić information content (AvgIpc) is 2.70. The lowest BCUT2D eigenvalue weighted by atomic mass is 10.1. The van der Waals surface area contributed by atoms with Gasteiger partial charge in [0.1, 0.15) is 5.76 Å². The number of nitrogens with zero attached hydrogens (tertiary/aromatic N) is 1. The Labute approximate surface area is 74.5 Å². The molecule has 0 aromatic carbocycles. The van der Waals surface area contributed by atoms with Gasteiger partial charge >= 0.3 is 5.97 Å². The standard InChI is InChI=1S/C9H7NO3/c1-6-8(9(11)13-10-6)5-7-3-2-4-12-7/h2-5H,1H3/b8-5+. The van der Waals surface area contributed by atoms with E-state index in [2.05, 4.69) is 9.99 Å². The monoisotopic (exact) mass is 177 g/mol. The highest BCUT2D eigenvalue weighted by atomic mass is 16.7. The molecular formula is C9H7NO3. The molecule has 0 fully saturated rings. The second-order valence-corrected chi connectivity index (χ2v) is 2.63. The minimum absolute atomic E-state index is 0.436. The van der Waals surface area contributed by atoms with E-state index in [9.17, 15) is 4.79 Å². The Morgan fingerprint density at radius 1 is 1.54 bits per heavy atom. The van der Waals surface area contributed by atoms with Gasteiger partial charge in [-0.2, -0.15) is 0 Å². The molecule has 0 unspecified atom stereocenters. The summed E-state index contributed by atoms with van der Waals surface area (Å²) in [4.78, 5) is 15.5. The lowest BCUT2D eigenvalue weighted by Gasteiger charge is -1.89. The quantitative estimate of drug-likeness (QED) is 0.483. The molecule has 2 rings (SSSR count). The van der Waals surface area contributed by atoms with Crippen molar-refractivity contribution in [2.24, 2.45) is 5.16 Å². The first-order valence-electron chi connectivity index (χ1n) is 3.79. The molecule has 0 aliphatic carbocycles. The number of hydrogen-bond donors (Lipinski definition) is 0. The topological polar surface area (TPSA) is 51.8 Å². The first kappa shape index (κ1) is 7.79. The van der Waals surface area contributed by atoms with Crippen LogP contribution in [-0.2, 0) is 9.63 Å². The smallest absolute Gasteiger partial charge is 0.367 e. The fourth-order valence-corrected chi connectivity index (χ4v) is 1.03. The molecule has 0 radical (unpaired) electrons. The van der Waals surface area contributed by atoms with Crippen molar-refractivity contribution in [1.29, 1.82) is 0 Å². The van der Waals surface area contributed by atoms with Gasteiger partial charge in [-0.05, 0) is 25.1 Å². The van der Waals surface area contributed by atoms with E-state index in [1.807, 2.05) is 0 Å². The van der Waals surface area contributed by atoms with Gasteiger partial charge in [0.2, 0.25) is 0 Å². The molecule has 0 saturated carbocycles. The molecule has 0 amide bonds. The normalized spacial score (nSPS) is 19.0. The zero-order chi connectivity index (χ0) is 9.26. The molecule has 0 spiro atoms. The zero-order valence-corrected chi connectivity index (χ0v) is 6.98. The van der Waals surface area contributed by atoms with Crippen LogP contribution in [0.2, 0.25) is 0 Å². The van der Waals surface area contributed by atoms with Gasteiger partial charge in [0.25, 0.3) is 0 Å². The van der Waals surface area contributed by atoms with Crippen molar-refractivity contribution in [1.82, 2.24) is 0 Å². The number of rotatable bonds is 1. The molecule has 1 aromatic rings. The number of hydrogen-bond acceptors (Lipinski definition) is 4. The third-order valence-corrected chi connectivity index (χ3v) is 1.70. The van der Waals surface area contributed by atoms with Crippen LogP contribution in [0.25, 0.3) is 6.08 Å². The molecule has 4 heteroatoms. The molecule has 66 valence electrons. The fraction of sp³-hybridized carbons (Fsp3) is 0.111. The Morgan fingerprint density at radius 2 is 2.38 bits per heavy atom. The van der Waals surface area contributed by atoms with Crippen molar-refractivity contribution in [2.75, 3.05) is 0 Å². The molecule has 0 bridgehead atoms. The zero-order valence-electron chi connectivity index (χ0n) is 6.98. The van der Waals surface area contributed by atoms with Gasteiger partial charge in [-0.25, -0.2) is 4.79 Å². The van der Waals surface area contributed by atoms with Crippen LogP contribution in [0.5, 0.6) is 0 Å². The van der Waals surface area contributed by atoms with E-state index in [-0.39, 0.29) is 0 Å². The summed E-state index contributed by atoms with van der Waals surface area (Å²) in [7, 11) is 0. The second kappa shape index (κ2) is 2.90. The third kappa shape index (κ3) is 1.38. The first-order chi connectivity index (χ1) is 6.27. The van der Waals surface area contributed by atoms with Gasteiger partial charge in [-0.3, -0.25) is 0 Å². The molecule has 4 nitrogen and oxygen atoms in total. The summed E-state index contributed by atoms with van der Waals surface area (Å²) in [5.41, 5.74) is 1.01. The number of carbonyl (C=O) groups excluding carboxylic acids is 1. The Morgan fingerprint density at radius 3 is 2.92 bits per heavy atom. The summed E-state index contributed by atoms with van der Waals surface area (Å²) in [5, 5.41) is 3.54. The van der Waals surface area contributed by atoms with Gasteiger partial charge in [0, 0.05) is 0 Å². The SMILES string of the molecule is CC1=NOC(=O)/C1=C/c1ccco1. The maximum atomic E-state index is 11.1. The molecular weight excluding hydrogens is 170 g/mol. The van der Waals surface area contributed by atoms with E-state index >= 15 is 0 Å². The van der Waals surface area contributed by atoms with E-state index in [1.54, 1.807) is 31.4 Å². The van der Waals surface area contributed by atoms with E-state index in [4.69, 9.17) is 4.42 Å². The summed E-state index contributed by atoms with van der Waals surface area (Å²) in [6, 6.07) is 3.50. The third-order valence-electron chi connectivity index (χ3n) is 1.70. The summed E-state index contributed by atoms with van der Waals surface area (Å²) in [6.45, 7) is 1.71. The number of furan rings is 1. The van der Waals surface area contributed by atoms with Crippen LogP contribution in [-0.4, -0.2) is 11.7 Å². The maximum absolute atomic E-state index is 11.1. The van der Waals surface area contributed by atoms with E-state index in [1.165, 1.54) is 0 Å². The van der Waals surface area contributed by atoms with Gasteiger partial charge in [0.15, 0.2) is 0 Å². The molecule has 0 saturated heterocycles. The Bertz CT molecular complexity index is 387. The highest BCUT2D eigenvalue weighted by molar-refractivity contribution is 6.24. The van der Waals surface area contributed by atoms with Crippen molar-refractivity contribution in [3.05, 3.63) is 29.7 Å². The minimum atomic E-state index is -0.436. The Hall–Kier alpha value is -1.84. The first-order valence-corrected chi connectivity index (χ1v) is 3.79. The fourth-order valence-electron chi connectivity index (χ4n) is 1.03. The Kier molecular flexibility index (Phi) is 1.73. The molecule has 13 heavy (non-hydrogen) atoms. The van der Waals surface area contributed by atoms with Crippen LogP contribution in [0.3, 0.4) is 0 Å². The number of carbonyl (C=O) groups is 1. The highest BCUT2D eigenvalue weighted by Crippen LogP contribution is 2.15. The predicted octanol–water partition coefficient (Wildman–Crippen LogP) is 1.60. The van der Waals surface area contributed by atoms with Crippen molar-refractivity contribution < 1.29 is 14.0 Å². The summed E-state index contributed by atoms with van der Waals surface area (Å²) in [5.74, 6) is 0.178. The molecule has 1 aromatic heterocycles. The van der Waals surface area contributed by atoms with Crippen molar-refractivity contribution in [3.63, 3.8) is 0 Å². The van der Waals surface area contributed by atoms with Gasteiger partial charge in [0.05, 0.1) is 17.5 Å². The molecule has 0 atom stereocenters.